The molecule has 2 rings (SSSR count). The van der Waals surface area contributed by atoms with Gasteiger partial charge in [0.2, 0.25) is 5.91 Å². The second kappa shape index (κ2) is 8.30. The highest BCUT2D eigenvalue weighted by molar-refractivity contribution is 7.99. The van der Waals surface area contributed by atoms with Crippen molar-refractivity contribution >= 4 is 29.3 Å². The normalized spacial score (nSPS) is 10.2. The fourth-order valence-electron chi connectivity index (χ4n) is 1.94. The van der Waals surface area contributed by atoms with Crippen molar-refractivity contribution in [2.24, 2.45) is 0 Å². The van der Waals surface area contributed by atoms with Gasteiger partial charge >= 0.3 is 5.97 Å². The van der Waals surface area contributed by atoms with Crippen molar-refractivity contribution in [2.45, 2.75) is 18.6 Å². The molecule has 1 heterocycles. The molecule has 0 atom stereocenters. The predicted molar refractivity (Wildman–Crippen MR) is 92.1 cm³/mol. The average Bonchev–Trinajstić information content (AvgIpc) is 2.93. The number of carbonyl (C=O) groups excluding carboxylic acids is 2. The molecule has 7 nitrogen and oxygen atoms in total. The third-order valence-corrected chi connectivity index (χ3v) is 4.10. The fourth-order valence-corrected chi connectivity index (χ4v) is 2.74. The van der Waals surface area contributed by atoms with Crippen LogP contribution in [-0.4, -0.2) is 39.5 Å². The number of carbonyl (C=O) groups is 2. The van der Waals surface area contributed by atoms with Gasteiger partial charge in [-0.1, -0.05) is 17.8 Å². The summed E-state index contributed by atoms with van der Waals surface area (Å²) >= 11 is 1.30. The van der Waals surface area contributed by atoms with Gasteiger partial charge in [0.15, 0.2) is 5.16 Å². The Kier molecular flexibility index (Phi) is 6.14. The second-order valence-corrected chi connectivity index (χ2v) is 5.78. The van der Waals surface area contributed by atoms with Crippen molar-refractivity contribution in [3.63, 3.8) is 0 Å². The Morgan fingerprint density at radius 3 is 2.67 bits per heavy atom. The first-order valence-corrected chi connectivity index (χ1v) is 8.15. The van der Waals surface area contributed by atoms with Gasteiger partial charge in [-0.15, -0.1) is 16.8 Å². The molecule has 0 saturated carbocycles. The van der Waals surface area contributed by atoms with E-state index in [2.05, 4.69) is 26.8 Å². The molecular formula is C16H18N4O3S. The molecule has 0 radical (unpaired) electrons. The lowest BCUT2D eigenvalue weighted by molar-refractivity contribution is -0.113. The minimum absolute atomic E-state index is 0.170. The number of aryl methyl sites for hydroxylation is 1. The number of aromatic nitrogens is 3. The van der Waals surface area contributed by atoms with Crippen LogP contribution in [0.25, 0.3) is 0 Å². The molecule has 0 bridgehead atoms. The molecule has 0 fully saturated rings. The van der Waals surface area contributed by atoms with Gasteiger partial charge < -0.3 is 14.6 Å². The van der Waals surface area contributed by atoms with Crippen LogP contribution in [-0.2, 0) is 16.1 Å². The highest BCUT2D eigenvalue weighted by Crippen LogP contribution is 2.18. The number of amides is 1. The minimum atomic E-state index is -0.416. The van der Waals surface area contributed by atoms with Gasteiger partial charge in [0, 0.05) is 12.2 Å². The Bertz CT molecular complexity index is 740. The van der Waals surface area contributed by atoms with E-state index in [0.717, 1.165) is 5.82 Å². The Morgan fingerprint density at radius 2 is 2.04 bits per heavy atom. The number of ether oxygens (including phenoxy) is 1. The first-order chi connectivity index (χ1) is 11.5. The van der Waals surface area contributed by atoms with E-state index in [4.69, 9.17) is 0 Å². The summed E-state index contributed by atoms with van der Waals surface area (Å²) in [5.74, 6) is 0.391. The zero-order valence-electron chi connectivity index (χ0n) is 13.5. The number of thioether (sulfide) groups is 1. The maximum atomic E-state index is 12.0. The van der Waals surface area contributed by atoms with Crippen molar-refractivity contribution in [2.75, 3.05) is 18.2 Å². The van der Waals surface area contributed by atoms with Crippen LogP contribution in [0.4, 0.5) is 5.69 Å². The Morgan fingerprint density at radius 1 is 1.33 bits per heavy atom. The van der Waals surface area contributed by atoms with Gasteiger partial charge in [-0.3, -0.25) is 4.79 Å². The Labute approximate surface area is 144 Å². The molecule has 1 aromatic carbocycles. The first-order valence-electron chi connectivity index (χ1n) is 7.17. The number of benzene rings is 1. The molecule has 1 N–H and O–H groups in total. The third-order valence-electron chi connectivity index (χ3n) is 3.14. The third kappa shape index (κ3) is 4.45. The van der Waals surface area contributed by atoms with E-state index in [1.165, 1.54) is 18.9 Å². The summed E-state index contributed by atoms with van der Waals surface area (Å²) in [6.45, 7) is 6.14. The Balaban J connectivity index is 1.92. The van der Waals surface area contributed by atoms with Gasteiger partial charge in [0.1, 0.15) is 5.82 Å². The molecule has 0 saturated heterocycles. The van der Waals surface area contributed by atoms with Gasteiger partial charge in [0.05, 0.1) is 18.4 Å². The molecule has 2 aromatic rings. The van der Waals surface area contributed by atoms with Gasteiger partial charge in [-0.25, -0.2) is 4.79 Å². The molecule has 0 aliphatic rings. The van der Waals surface area contributed by atoms with E-state index in [1.54, 1.807) is 30.3 Å². The first kappa shape index (κ1) is 17.7. The smallest absolute Gasteiger partial charge is 0.337 e. The molecule has 1 aromatic heterocycles. The molecule has 0 aliphatic heterocycles. The van der Waals surface area contributed by atoms with Crippen molar-refractivity contribution in [3.05, 3.63) is 48.3 Å². The van der Waals surface area contributed by atoms with Gasteiger partial charge in [0.25, 0.3) is 0 Å². The van der Waals surface area contributed by atoms with Crippen molar-refractivity contribution in [3.8, 4) is 0 Å². The number of nitrogens with zero attached hydrogens (tertiary/aromatic N) is 3. The van der Waals surface area contributed by atoms with Crippen LogP contribution in [0.15, 0.2) is 42.1 Å². The highest BCUT2D eigenvalue weighted by Gasteiger charge is 2.11. The number of rotatable bonds is 7. The molecule has 0 unspecified atom stereocenters. The SMILES string of the molecule is C=CCn1c(C)nnc1SCC(=O)Nc1ccc(C(=O)OC)cc1. The Hall–Kier alpha value is -2.61. The lowest BCUT2D eigenvalue weighted by Gasteiger charge is -2.07. The summed E-state index contributed by atoms with van der Waals surface area (Å²) < 4.78 is 6.51. The van der Waals surface area contributed by atoms with E-state index >= 15 is 0 Å². The van der Waals surface area contributed by atoms with Crippen molar-refractivity contribution < 1.29 is 14.3 Å². The molecular weight excluding hydrogens is 328 g/mol. The quantitative estimate of drug-likeness (QED) is 0.470. The van der Waals surface area contributed by atoms with Crippen LogP contribution in [0.2, 0.25) is 0 Å². The van der Waals surface area contributed by atoms with Crippen LogP contribution >= 0.6 is 11.8 Å². The van der Waals surface area contributed by atoms with E-state index < -0.39 is 5.97 Å². The summed E-state index contributed by atoms with van der Waals surface area (Å²) in [7, 11) is 1.32. The second-order valence-electron chi connectivity index (χ2n) is 4.83. The van der Waals surface area contributed by atoms with Gasteiger partial charge in [-0.05, 0) is 31.2 Å². The largest absolute Gasteiger partial charge is 0.465 e. The summed E-state index contributed by atoms with van der Waals surface area (Å²) in [4.78, 5) is 23.4. The molecule has 24 heavy (non-hydrogen) atoms. The highest BCUT2D eigenvalue weighted by atomic mass is 32.2. The molecule has 126 valence electrons. The lowest BCUT2D eigenvalue weighted by atomic mass is 10.2. The molecule has 8 heteroatoms. The van der Waals surface area contributed by atoms with E-state index in [9.17, 15) is 9.59 Å². The lowest BCUT2D eigenvalue weighted by Crippen LogP contribution is -2.15. The minimum Gasteiger partial charge on any atom is -0.465 e. The number of hydrogen-bond acceptors (Lipinski definition) is 6. The average molecular weight is 346 g/mol. The predicted octanol–water partition coefficient (Wildman–Crippen LogP) is 2.29. The number of esters is 1. The molecule has 0 spiro atoms. The number of anilines is 1. The topological polar surface area (TPSA) is 86.1 Å². The summed E-state index contributed by atoms with van der Waals surface area (Å²) in [6.07, 6.45) is 1.75. The van der Waals surface area contributed by atoms with Crippen molar-refractivity contribution in [1.82, 2.24) is 14.8 Å². The van der Waals surface area contributed by atoms with Crippen LogP contribution in [0.3, 0.4) is 0 Å². The number of nitrogens with one attached hydrogen (secondary N) is 1. The van der Waals surface area contributed by atoms with Gasteiger partial charge in [-0.2, -0.15) is 0 Å². The van der Waals surface area contributed by atoms with Crippen molar-refractivity contribution in [1.29, 1.82) is 0 Å². The zero-order valence-corrected chi connectivity index (χ0v) is 14.3. The number of allylic oxidation sites excluding steroid dienone is 1. The van der Waals surface area contributed by atoms with Crippen LogP contribution in [0, 0.1) is 6.92 Å². The fraction of sp³-hybridized carbons (Fsp3) is 0.250. The van der Waals surface area contributed by atoms with Crippen LogP contribution in [0.1, 0.15) is 16.2 Å². The van der Waals surface area contributed by atoms with E-state index in [1.807, 2.05) is 11.5 Å². The monoisotopic (exact) mass is 346 g/mol. The van der Waals surface area contributed by atoms with E-state index in [-0.39, 0.29) is 11.7 Å². The number of methoxy groups -OCH3 is 1. The summed E-state index contributed by atoms with van der Waals surface area (Å²) in [5, 5.41) is 11.5. The maximum Gasteiger partial charge on any atom is 0.337 e. The summed E-state index contributed by atoms with van der Waals surface area (Å²) in [6, 6.07) is 6.50. The molecule has 0 aliphatic carbocycles. The zero-order chi connectivity index (χ0) is 17.5. The van der Waals surface area contributed by atoms with E-state index in [0.29, 0.717) is 23.0 Å². The maximum absolute atomic E-state index is 12.0. The molecule has 1 amide bonds. The summed E-state index contributed by atoms with van der Waals surface area (Å²) in [5.41, 5.74) is 1.04. The standard InChI is InChI=1S/C16H18N4O3S/c1-4-9-20-11(2)18-19-16(20)24-10-14(21)17-13-7-5-12(6-8-13)15(22)23-3/h4-8H,1,9-10H2,2-3H3,(H,17,21). The van der Waals surface area contributed by atoms with Crippen LogP contribution in [0.5, 0.6) is 0 Å². The van der Waals surface area contributed by atoms with Crippen LogP contribution < -0.4 is 5.32 Å². The number of hydrogen-bond donors (Lipinski definition) is 1.